The van der Waals surface area contributed by atoms with E-state index in [0.717, 1.165) is 5.56 Å². The number of ether oxygens (including phenoxy) is 1. The third-order valence-electron chi connectivity index (χ3n) is 1.71. The van der Waals surface area contributed by atoms with Gasteiger partial charge in [0.2, 0.25) is 5.88 Å². The minimum absolute atomic E-state index is 0.239. The van der Waals surface area contributed by atoms with Gasteiger partial charge in [0.05, 0.1) is 5.56 Å². The molecule has 1 aromatic rings. The fourth-order valence-electron chi connectivity index (χ4n) is 1.10. The Bertz CT molecular complexity index is 326. The molecule has 3 nitrogen and oxygen atoms in total. The molecule has 14 heavy (non-hydrogen) atoms. The number of aromatic nitrogens is 2. The quantitative estimate of drug-likeness (QED) is 0.569. The Balaban J connectivity index is 3.01. The minimum Gasteiger partial charge on any atom is -0.473 e. The van der Waals surface area contributed by atoms with Gasteiger partial charge in [0.15, 0.2) is 0 Å². The molecule has 1 aromatic heterocycles. The molecule has 0 radical (unpaired) electrons. The van der Waals surface area contributed by atoms with E-state index in [-0.39, 0.29) is 5.92 Å². The Kier molecular flexibility index (Phi) is 3.89. The number of hydrogen-bond donors (Lipinski definition) is 0. The van der Waals surface area contributed by atoms with E-state index in [1.165, 1.54) is 6.33 Å². The highest BCUT2D eigenvalue weighted by atomic mass is 35.5. The van der Waals surface area contributed by atoms with E-state index in [4.69, 9.17) is 16.3 Å². The van der Waals surface area contributed by atoms with Crippen molar-refractivity contribution in [1.29, 1.82) is 0 Å². The van der Waals surface area contributed by atoms with Crippen LogP contribution in [0.3, 0.4) is 0 Å². The molecule has 0 fully saturated rings. The van der Waals surface area contributed by atoms with Crippen molar-refractivity contribution in [3.05, 3.63) is 29.7 Å². The molecular weight excluding hydrogens is 200 g/mol. The maximum Gasteiger partial charge on any atom is 0.221 e. The molecule has 4 heteroatoms. The van der Waals surface area contributed by atoms with Gasteiger partial charge >= 0.3 is 0 Å². The first-order valence-corrected chi connectivity index (χ1v) is 4.78. The first-order valence-electron chi connectivity index (χ1n) is 4.41. The molecule has 0 N–H and O–H groups in total. The average Bonchev–Trinajstić information content (AvgIpc) is 2.14. The van der Waals surface area contributed by atoms with Gasteiger partial charge in [-0.15, -0.1) is 0 Å². The van der Waals surface area contributed by atoms with Gasteiger partial charge in [-0.05, 0) is 5.92 Å². The third-order valence-corrected chi connectivity index (χ3v) is 2.02. The van der Waals surface area contributed by atoms with Crippen LogP contribution in [-0.4, -0.2) is 16.6 Å². The second-order valence-electron chi connectivity index (χ2n) is 3.14. The van der Waals surface area contributed by atoms with E-state index in [0.29, 0.717) is 17.6 Å². The van der Waals surface area contributed by atoms with Crippen molar-refractivity contribution in [2.24, 2.45) is 0 Å². The molecule has 1 rings (SSSR count). The Morgan fingerprint density at radius 3 is 2.86 bits per heavy atom. The van der Waals surface area contributed by atoms with Crippen molar-refractivity contribution in [2.75, 3.05) is 6.61 Å². The van der Waals surface area contributed by atoms with E-state index in [2.05, 4.69) is 16.5 Å². The molecule has 0 saturated heterocycles. The average molecular weight is 213 g/mol. The third kappa shape index (κ3) is 2.45. The van der Waals surface area contributed by atoms with Gasteiger partial charge < -0.3 is 4.74 Å². The van der Waals surface area contributed by atoms with Crippen molar-refractivity contribution in [2.45, 2.75) is 19.8 Å². The Hall–Kier alpha value is -1.09. The molecule has 0 unspecified atom stereocenters. The Morgan fingerprint density at radius 1 is 1.57 bits per heavy atom. The lowest BCUT2D eigenvalue weighted by atomic mass is 10.1. The molecule has 0 aliphatic rings. The van der Waals surface area contributed by atoms with Gasteiger partial charge in [-0.1, -0.05) is 38.1 Å². The van der Waals surface area contributed by atoms with Crippen LogP contribution in [0.5, 0.6) is 5.88 Å². The maximum atomic E-state index is 5.95. The van der Waals surface area contributed by atoms with Crippen molar-refractivity contribution < 1.29 is 4.74 Å². The number of rotatable bonds is 4. The zero-order valence-electron chi connectivity index (χ0n) is 8.33. The summed E-state index contributed by atoms with van der Waals surface area (Å²) in [7, 11) is 0. The lowest BCUT2D eigenvalue weighted by Crippen LogP contribution is -2.03. The summed E-state index contributed by atoms with van der Waals surface area (Å²) in [6.07, 6.45) is 3.06. The van der Waals surface area contributed by atoms with Crippen molar-refractivity contribution in [3.8, 4) is 5.88 Å². The largest absolute Gasteiger partial charge is 0.473 e. The normalized spacial score (nSPS) is 10.3. The van der Waals surface area contributed by atoms with Crippen LogP contribution < -0.4 is 4.74 Å². The molecule has 0 bridgehead atoms. The van der Waals surface area contributed by atoms with Crippen molar-refractivity contribution >= 4 is 11.6 Å². The second-order valence-corrected chi connectivity index (χ2v) is 3.50. The monoisotopic (exact) mass is 212 g/mol. The zero-order valence-corrected chi connectivity index (χ0v) is 9.08. The first kappa shape index (κ1) is 11.0. The van der Waals surface area contributed by atoms with Gasteiger partial charge in [0.1, 0.15) is 18.1 Å². The summed E-state index contributed by atoms with van der Waals surface area (Å²) in [6.45, 7) is 8.03. The maximum absolute atomic E-state index is 5.95. The lowest BCUT2D eigenvalue weighted by molar-refractivity contribution is 0.342. The number of nitrogens with zero attached hydrogens (tertiary/aromatic N) is 2. The topological polar surface area (TPSA) is 35.0 Å². The van der Waals surface area contributed by atoms with Gasteiger partial charge in [-0.3, -0.25) is 0 Å². The summed E-state index contributed by atoms with van der Waals surface area (Å²) < 4.78 is 5.37. The van der Waals surface area contributed by atoms with E-state index in [1.807, 2.05) is 13.8 Å². The molecular formula is C10H13ClN2O. The van der Waals surface area contributed by atoms with E-state index in [1.54, 1.807) is 6.08 Å². The molecule has 0 aromatic carbocycles. The van der Waals surface area contributed by atoms with Crippen molar-refractivity contribution in [1.82, 2.24) is 9.97 Å². The van der Waals surface area contributed by atoms with Crippen LogP contribution in [0.15, 0.2) is 19.0 Å². The van der Waals surface area contributed by atoms with E-state index in [9.17, 15) is 0 Å². The predicted octanol–water partition coefficient (Wildman–Crippen LogP) is 2.82. The molecule has 0 saturated carbocycles. The fourth-order valence-corrected chi connectivity index (χ4v) is 1.44. The molecule has 1 heterocycles. The number of halogens is 1. The van der Waals surface area contributed by atoms with Gasteiger partial charge in [0.25, 0.3) is 0 Å². The molecule has 76 valence electrons. The lowest BCUT2D eigenvalue weighted by Gasteiger charge is -2.12. The van der Waals surface area contributed by atoms with Crippen molar-refractivity contribution in [3.63, 3.8) is 0 Å². The van der Waals surface area contributed by atoms with Gasteiger partial charge in [0, 0.05) is 0 Å². The van der Waals surface area contributed by atoms with Crippen LogP contribution >= 0.6 is 11.6 Å². The second kappa shape index (κ2) is 4.96. The SMILES string of the molecule is C=CCOc1ncnc(Cl)c1C(C)C. The van der Waals surface area contributed by atoms with Crippen LogP contribution in [0.2, 0.25) is 5.15 Å². The highest BCUT2D eigenvalue weighted by Crippen LogP contribution is 2.29. The van der Waals surface area contributed by atoms with Crippen LogP contribution in [0, 0.1) is 0 Å². The van der Waals surface area contributed by atoms with Gasteiger partial charge in [-0.2, -0.15) is 0 Å². The summed E-state index contributed by atoms with van der Waals surface area (Å²) >= 11 is 5.95. The molecule has 0 spiro atoms. The highest BCUT2D eigenvalue weighted by Gasteiger charge is 2.14. The van der Waals surface area contributed by atoms with E-state index < -0.39 is 0 Å². The van der Waals surface area contributed by atoms with Crippen LogP contribution in [0.1, 0.15) is 25.3 Å². The molecule has 0 aliphatic carbocycles. The highest BCUT2D eigenvalue weighted by molar-refractivity contribution is 6.30. The summed E-state index contributed by atoms with van der Waals surface area (Å²) in [5.41, 5.74) is 0.844. The van der Waals surface area contributed by atoms with Gasteiger partial charge in [-0.25, -0.2) is 9.97 Å². The smallest absolute Gasteiger partial charge is 0.221 e. The van der Waals surface area contributed by atoms with Crippen LogP contribution in [-0.2, 0) is 0 Å². The number of hydrogen-bond acceptors (Lipinski definition) is 3. The van der Waals surface area contributed by atoms with Crippen LogP contribution in [0.4, 0.5) is 0 Å². The molecule has 0 atom stereocenters. The minimum atomic E-state index is 0.239. The summed E-state index contributed by atoms with van der Waals surface area (Å²) in [5, 5.41) is 0.453. The Morgan fingerprint density at radius 2 is 2.29 bits per heavy atom. The standard InChI is InChI=1S/C10H13ClN2O/c1-4-5-14-10-8(7(2)3)9(11)12-6-13-10/h4,6-7H,1,5H2,2-3H3. The summed E-state index contributed by atoms with van der Waals surface area (Å²) in [5.74, 6) is 0.781. The summed E-state index contributed by atoms with van der Waals surface area (Å²) in [4.78, 5) is 7.95. The first-order chi connectivity index (χ1) is 6.66. The summed E-state index contributed by atoms with van der Waals surface area (Å²) in [6, 6.07) is 0. The van der Waals surface area contributed by atoms with E-state index >= 15 is 0 Å². The zero-order chi connectivity index (χ0) is 10.6. The molecule has 0 aliphatic heterocycles. The Labute approximate surface area is 88.8 Å². The fraction of sp³-hybridized carbons (Fsp3) is 0.400. The molecule has 0 amide bonds. The predicted molar refractivity (Wildman–Crippen MR) is 56.8 cm³/mol. The van der Waals surface area contributed by atoms with Crippen LogP contribution in [0.25, 0.3) is 0 Å².